The number of non-ortho nitro benzene ring substituents is 1. The van der Waals surface area contributed by atoms with E-state index in [4.69, 9.17) is 14.9 Å². The predicted molar refractivity (Wildman–Crippen MR) is 93.7 cm³/mol. The Morgan fingerprint density at radius 1 is 1.41 bits per heavy atom. The number of benzene rings is 1. The number of rotatable bonds is 4. The summed E-state index contributed by atoms with van der Waals surface area (Å²) in [6.07, 6.45) is -0.396. The molecule has 2 N–H and O–H groups in total. The van der Waals surface area contributed by atoms with E-state index < -0.39 is 28.9 Å². The lowest BCUT2D eigenvalue weighted by Crippen LogP contribution is -2.31. The molecule has 9 heteroatoms. The molecule has 1 aromatic rings. The summed E-state index contributed by atoms with van der Waals surface area (Å²) in [5, 5.41) is 21.8. The Labute approximate surface area is 154 Å². The maximum atomic E-state index is 12.7. The molecule has 1 aromatic carbocycles. The van der Waals surface area contributed by atoms with Gasteiger partial charge >= 0.3 is 11.9 Å². The predicted octanol–water partition coefficient (Wildman–Crippen LogP) is 2.30. The van der Waals surface area contributed by atoms with E-state index in [0.29, 0.717) is 11.3 Å². The van der Waals surface area contributed by atoms with Gasteiger partial charge in [-0.3, -0.25) is 15.5 Å². The van der Waals surface area contributed by atoms with E-state index in [1.807, 2.05) is 0 Å². The van der Waals surface area contributed by atoms with Crippen LogP contribution in [0.25, 0.3) is 0 Å². The molecule has 140 valence electrons. The van der Waals surface area contributed by atoms with Crippen molar-refractivity contribution < 1.29 is 24.0 Å². The van der Waals surface area contributed by atoms with Crippen LogP contribution in [0.4, 0.5) is 5.69 Å². The van der Waals surface area contributed by atoms with E-state index in [9.17, 15) is 19.7 Å². The highest BCUT2D eigenvalue weighted by molar-refractivity contribution is 6.16. The van der Waals surface area contributed by atoms with Crippen LogP contribution in [0.3, 0.4) is 0 Å². The first-order valence-electron chi connectivity index (χ1n) is 8.19. The van der Waals surface area contributed by atoms with Crippen LogP contribution in [0, 0.1) is 15.5 Å². The Kier molecular flexibility index (Phi) is 4.52. The topological polar surface area (TPSA) is 132 Å². The fourth-order valence-corrected chi connectivity index (χ4v) is 3.12. The first-order chi connectivity index (χ1) is 12.7. The summed E-state index contributed by atoms with van der Waals surface area (Å²) < 4.78 is 10.2. The van der Waals surface area contributed by atoms with Crippen LogP contribution < -0.4 is 5.32 Å². The minimum atomic E-state index is -0.942. The molecule has 2 aliphatic heterocycles. The van der Waals surface area contributed by atoms with Crippen LogP contribution in [0.5, 0.6) is 0 Å². The third-order valence-electron chi connectivity index (χ3n) is 4.18. The lowest BCUT2D eigenvalue weighted by molar-refractivity contribution is -0.384. The molecule has 0 aromatic heterocycles. The first kappa shape index (κ1) is 18.3. The van der Waals surface area contributed by atoms with E-state index in [1.165, 1.54) is 18.2 Å². The minimum absolute atomic E-state index is 0.0572. The van der Waals surface area contributed by atoms with Crippen LogP contribution >= 0.6 is 0 Å². The average Bonchev–Trinajstić information content (AvgIpc) is 2.86. The summed E-state index contributed by atoms with van der Waals surface area (Å²) in [5.41, 5.74) is 0.925. The summed E-state index contributed by atoms with van der Waals surface area (Å²) >= 11 is 0. The number of ether oxygens (including phenoxy) is 2. The number of allylic oxidation sites excluding steroid dienone is 1. The number of cyclic esters (lactones) is 1. The van der Waals surface area contributed by atoms with E-state index >= 15 is 0 Å². The van der Waals surface area contributed by atoms with Crippen LogP contribution in [0.1, 0.15) is 32.3 Å². The Hall–Kier alpha value is -3.49. The number of carbonyl (C=O) groups excluding carboxylic acids is 2. The maximum Gasteiger partial charge on any atom is 0.344 e. The van der Waals surface area contributed by atoms with Crippen molar-refractivity contribution in [3.05, 3.63) is 62.5 Å². The molecular formula is C18H17N3O6. The molecule has 0 radical (unpaired) electrons. The smallest absolute Gasteiger partial charge is 0.344 e. The Morgan fingerprint density at radius 3 is 2.74 bits per heavy atom. The van der Waals surface area contributed by atoms with Crippen molar-refractivity contribution in [1.29, 1.82) is 5.41 Å². The summed E-state index contributed by atoms with van der Waals surface area (Å²) in [4.78, 5) is 35.7. The van der Waals surface area contributed by atoms with Gasteiger partial charge in [-0.05, 0) is 26.3 Å². The fourth-order valence-electron chi connectivity index (χ4n) is 3.12. The molecule has 1 atom stereocenters. The molecule has 0 fully saturated rings. The Bertz CT molecular complexity index is 944. The van der Waals surface area contributed by atoms with Gasteiger partial charge in [-0.2, -0.15) is 0 Å². The maximum absolute atomic E-state index is 12.7. The molecule has 27 heavy (non-hydrogen) atoms. The Balaban J connectivity index is 2.20. The molecule has 0 saturated heterocycles. The van der Waals surface area contributed by atoms with Crippen molar-refractivity contribution in [3.8, 4) is 0 Å². The van der Waals surface area contributed by atoms with E-state index in [1.54, 1.807) is 26.8 Å². The molecule has 0 aliphatic carbocycles. The van der Waals surface area contributed by atoms with Gasteiger partial charge in [0.25, 0.3) is 5.69 Å². The van der Waals surface area contributed by atoms with Crippen molar-refractivity contribution in [2.75, 3.05) is 0 Å². The minimum Gasteiger partial charge on any atom is -0.460 e. The van der Waals surface area contributed by atoms with Crippen LogP contribution in [0.15, 0.2) is 46.8 Å². The first-order valence-corrected chi connectivity index (χ1v) is 8.19. The highest BCUT2D eigenvalue weighted by Crippen LogP contribution is 2.42. The molecule has 9 nitrogen and oxygen atoms in total. The normalized spacial score (nSPS) is 19.0. The molecule has 0 amide bonds. The van der Waals surface area contributed by atoms with Crippen molar-refractivity contribution >= 4 is 23.5 Å². The zero-order valence-corrected chi connectivity index (χ0v) is 14.9. The number of nitro benzene ring substituents is 1. The largest absolute Gasteiger partial charge is 0.460 e. The van der Waals surface area contributed by atoms with Crippen molar-refractivity contribution in [2.24, 2.45) is 0 Å². The van der Waals surface area contributed by atoms with Gasteiger partial charge in [0.1, 0.15) is 5.70 Å². The molecule has 3 rings (SSSR count). The van der Waals surface area contributed by atoms with Gasteiger partial charge in [0, 0.05) is 17.8 Å². The number of carbonyl (C=O) groups is 2. The van der Waals surface area contributed by atoms with Gasteiger partial charge < -0.3 is 14.8 Å². The number of dihydropyridines is 1. The van der Waals surface area contributed by atoms with Crippen molar-refractivity contribution in [3.63, 3.8) is 0 Å². The van der Waals surface area contributed by atoms with Gasteiger partial charge in [0.05, 0.1) is 28.1 Å². The zero-order chi connectivity index (χ0) is 19.9. The number of nitro groups is 1. The second-order valence-electron chi connectivity index (χ2n) is 6.41. The van der Waals surface area contributed by atoms with Gasteiger partial charge in [0.15, 0.2) is 0 Å². The molecular weight excluding hydrogens is 354 g/mol. The number of nitrogens with zero attached hydrogens (tertiary/aromatic N) is 1. The number of esters is 2. The summed E-state index contributed by atoms with van der Waals surface area (Å²) in [6, 6.07) is 5.67. The SMILES string of the molecule is CC1=C(C(=O)OC(C)C)C(c2cccc([N+](=O)[O-])c2)C2=C(N1)C(=N)OC2=O. The average molecular weight is 371 g/mol. The summed E-state index contributed by atoms with van der Waals surface area (Å²) in [7, 11) is 0. The van der Waals surface area contributed by atoms with Gasteiger partial charge in [0.2, 0.25) is 5.90 Å². The Morgan fingerprint density at radius 2 is 2.11 bits per heavy atom. The van der Waals surface area contributed by atoms with Crippen molar-refractivity contribution in [1.82, 2.24) is 5.32 Å². The third-order valence-corrected chi connectivity index (χ3v) is 4.18. The molecule has 0 bridgehead atoms. The number of hydrogen-bond acceptors (Lipinski definition) is 8. The van der Waals surface area contributed by atoms with Crippen LogP contribution in [-0.2, 0) is 19.1 Å². The van der Waals surface area contributed by atoms with Crippen LogP contribution in [-0.4, -0.2) is 28.9 Å². The summed E-state index contributed by atoms with van der Waals surface area (Å²) in [6.45, 7) is 4.99. The molecule has 2 aliphatic rings. The van der Waals surface area contributed by atoms with Gasteiger partial charge in [-0.1, -0.05) is 12.1 Å². The lowest BCUT2D eigenvalue weighted by Gasteiger charge is -2.27. The van der Waals surface area contributed by atoms with Crippen LogP contribution in [0.2, 0.25) is 0 Å². The molecule has 2 heterocycles. The highest BCUT2D eigenvalue weighted by atomic mass is 16.6. The quantitative estimate of drug-likeness (QED) is 0.471. The standard InChI is InChI=1S/C18H17N3O6/c1-8(2)26-17(22)12-9(3)20-15-14(18(23)27-16(15)19)13(12)10-5-4-6-11(7-10)21(24)25/h4-8,13,19-20H,1-3H3. The fraction of sp³-hybridized carbons (Fsp3) is 0.278. The molecule has 0 saturated carbocycles. The lowest BCUT2D eigenvalue weighted by atomic mass is 9.80. The molecule has 0 spiro atoms. The summed E-state index contributed by atoms with van der Waals surface area (Å²) in [5.74, 6) is -2.73. The van der Waals surface area contributed by atoms with Gasteiger partial charge in [-0.15, -0.1) is 0 Å². The second kappa shape index (κ2) is 6.67. The van der Waals surface area contributed by atoms with E-state index in [2.05, 4.69) is 5.32 Å². The monoisotopic (exact) mass is 371 g/mol. The molecule has 1 unspecified atom stereocenters. The van der Waals surface area contributed by atoms with Gasteiger partial charge in [-0.25, -0.2) is 9.59 Å². The van der Waals surface area contributed by atoms with E-state index in [-0.39, 0.29) is 28.4 Å². The number of hydrogen-bond donors (Lipinski definition) is 2. The zero-order valence-electron chi connectivity index (χ0n) is 14.9. The highest BCUT2D eigenvalue weighted by Gasteiger charge is 2.44. The third kappa shape index (κ3) is 3.19. The number of nitrogens with one attached hydrogen (secondary N) is 2. The van der Waals surface area contributed by atoms with E-state index in [0.717, 1.165) is 0 Å². The van der Waals surface area contributed by atoms with Crippen molar-refractivity contribution in [2.45, 2.75) is 32.8 Å². The second-order valence-corrected chi connectivity index (χ2v) is 6.41.